The highest BCUT2D eigenvalue weighted by Crippen LogP contribution is 2.39. The average Bonchev–Trinajstić information content (AvgIpc) is 3.21. The average molecular weight is 424 g/mol. The van der Waals surface area contributed by atoms with E-state index >= 15 is 0 Å². The van der Waals surface area contributed by atoms with E-state index in [4.69, 9.17) is 0 Å². The van der Waals surface area contributed by atoms with Crippen LogP contribution in [0, 0.1) is 5.92 Å². The lowest BCUT2D eigenvalue weighted by Crippen LogP contribution is -2.38. The fourth-order valence-electron chi connectivity index (χ4n) is 3.16. The summed E-state index contributed by atoms with van der Waals surface area (Å²) in [6.07, 6.45) is 3.28. The number of amides is 2. The van der Waals surface area contributed by atoms with Crippen LogP contribution in [0.4, 0.5) is 16.2 Å². The summed E-state index contributed by atoms with van der Waals surface area (Å²) < 4.78 is 0.809. The van der Waals surface area contributed by atoms with Gasteiger partial charge in [-0.3, -0.25) is 4.79 Å². The fourth-order valence-corrected chi connectivity index (χ4v) is 3.71. The zero-order valence-electron chi connectivity index (χ0n) is 14.9. The van der Waals surface area contributed by atoms with Crippen LogP contribution in [0.25, 0.3) is 11.0 Å². The number of nitrogens with one attached hydrogen (secondary N) is 2. The fraction of sp³-hybridized carbons (Fsp3) is 0.471. The summed E-state index contributed by atoms with van der Waals surface area (Å²) in [5, 5.41) is 13.0. The number of pyridine rings is 1. The Hall–Kier alpha value is -2.29. The summed E-state index contributed by atoms with van der Waals surface area (Å²) >= 11 is 3.57. The molecular formula is C17H22BrN5O3. The van der Waals surface area contributed by atoms with E-state index in [1.165, 1.54) is 4.90 Å². The van der Waals surface area contributed by atoms with E-state index in [-0.39, 0.29) is 17.9 Å². The Morgan fingerprint density at radius 2 is 2.23 bits per heavy atom. The predicted molar refractivity (Wildman–Crippen MR) is 104 cm³/mol. The number of likely N-dealkylation sites (N-methyl/N-ethyl adjacent to an activating group) is 1. The number of fused-ring (bicyclic) bond motifs is 1. The van der Waals surface area contributed by atoms with Crippen molar-refractivity contribution in [2.45, 2.75) is 26.3 Å². The maximum atomic E-state index is 12.1. The van der Waals surface area contributed by atoms with Gasteiger partial charge in [0.1, 0.15) is 5.65 Å². The number of carbonyl (C=O) groups is 2. The van der Waals surface area contributed by atoms with Gasteiger partial charge >= 0.3 is 6.09 Å². The lowest BCUT2D eigenvalue weighted by molar-refractivity contribution is -0.118. The Bertz CT molecular complexity index is 850. The number of rotatable bonds is 4. The summed E-state index contributed by atoms with van der Waals surface area (Å²) in [6, 6.07) is -0.0738. The SMILES string of the molecule is CC(C)C(=O)Nc1c[nH]c2ncc(Br)c(N3CCC(N(C)C(=O)O)C3)c12. The molecule has 1 unspecified atom stereocenters. The van der Waals surface area contributed by atoms with Gasteiger partial charge in [-0.25, -0.2) is 9.78 Å². The molecule has 2 amide bonds. The number of carbonyl (C=O) groups excluding carboxylic acids is 1. The van der Waals surface area contributed by atoms with Crippen molar-refractivity contribution in [1.82, 2.24) is 14.9 Å². The van der Waals surface area contributed by atoms with Gasteiger partial charge in [0.2, 0.25) is 5.91 Å². The Morgan fingerprint density at radius 1 is 1.50 bits per heavy atom. The molecule has 140 valence electrons. The molecule has 0 aromatic carbocycles. The molecule has 9 heteroatoms. The van der Waals surface area contributed by atoms with Gasteiger partial charge in [0.15, 0.2) is 0 Å². The molecule has 0 saturated carbocycles. The molecule has 1 aliphatic rings. The quantitative estimate of drug-likeness (QED) is 0.700. The third-order valence-electron chi connectivity index (χ3n) is 4.74. The number of anilines is 2. The lowest BCUT2D eigenvalue weighted by Gasteiger charge is -2.24. The van der Waals surface area contributed by atoms with Crippen LogP contribution in [-0.4, -0.2) is 58.2 Å². The first-order chi connectivity index (χ1) is 12.3. The van der Waals surface area contributed by atoms with Crippen molar-refractivity contribution < 1.29 is 14.7 Å². The van der Waals surface area contributed by atoms with Crippen molar-refractivity contribution in [3.8, 4) is 0 Å². The van der Waals surface area contributed by atoms with Crippen LogP contribution in [0.5, 0.6) is 0 Å². The molecule has 2 aromatic rings. The number of carboxylic acid groups (broad SMARTS) is 1. The summed E-state index contributed by atoms with van der Waals surface area (Å²) in [4.78, 5) is 34.4. The molecule has 8 nitrogen and oxygen atoms in total. The third kappa shape index (κ3) is 3.35. The molecule has 26 heavy (non-hydrogen) atoms. The second-order valence-corrected chi connectivity index (χ2v) is 7.66. The largest absolute Gasteiger partial charge is 0.465 e. The second kappa shape index (κ2) is 7.14. The molecule has 1 fully saturated rings. The van der Waals surface area contributed by atoms with Crippen molar-refractivity contribution in [3.63, 3.8) is 0 Å². The molecule has 0 aliphatic carbocycles. The molecule has 0 bridgehead atoms. The van der Waals surface area contributed by atoms with Gasteiger partial charge < -0.3 is 25.2 Å². The van der Waals surface area contributed by atoms with Crippen molar-refractivity contribution in [3.05, 3.63) is 16.9 Å². The normalized spacial score (nSPS) is 17.1. The van der Waals surface area contributed by atoms with Crippen molar-refractivity contribution in [2.75, 3.05) is 30.4 Å². The summed E-state index contributed by atoms with van der Waals surface area (Å²) in [7, 11) is 1.60. The van der Waals surface area contributed by atoms with Crippen LogP contribution in [-0.2, 0) is 4.79 Å². The first-order valence-corrected chi connectivity index (χ1v) is 9.26. The Balaban J connectivity index is 1.98. The van der Waals surface area contributed by atoms with E-state index in [0.717, 1.165) is 28.5 Å². The van der Waals surface area contributed by atoms with E-state index in [1.807, 2.05) is 13.8 Å². The molecule has 3 rings (SSSR count). The minimum Gasteiger partial charge on any atom is -0.465 e. The monoisotopic (exact) mass is 423 g/mol. The third-order valence-corrected chi connectivity index (χ3v) is 5.32. The Labute approximate surface area is 159 Å². The van der Waals surface area contributed by atoms with Crippen LogP contribution in [0.15, 0.2) is 16.9 Å². The highest BCUT2D eigenvalue weighted by atomic mass is 79.9. The van der Waals surface area contributed by atoms with Crippen molar-refractivity contribution in [2.24, 2.45) is 5.92 Å². The number of nitrogens with zero attached hydrogens (tertiary/aromatic N) is 3. The van der Waals surface area contributed by atoms with Gasteiger partial charge in [-0.1, -0.05) is 13.8 Å². The number of halogens is 1. The van der Waals surface area contributed by atoms with E-state index in [1.54, 1.807) is 19.4 Å². The first-order valence-electron chi connectivity index (χ1n) is 8.46. The predicted octanol–water partition coefficient (Wildman–Crippen LogP) is 3.11. The molecule has 1 aliphatic heterocycles. The number of aromatic amines is 1. The van der Waals surface area contributed by atoms with Crippen LogP contribution < -0.4 is 10.2 Å². The Morgan fingerprint density at radius 3 is 2.88 bits per heavy atom. The molecule has 2 aromatic heterocycles. The maximum Gasteiger partial charge on any atom is 0.407 e. The number of H-pyrrole nitrogens is 1. The van der Waals surface area contributed by atoms with E-state index in [2.05, 4.69) is 36.1 Å². The minimum atomic E-state index is -0.928. The number of hydrogen-bond donors (Lipinski definition) is 3. The van der Waals surface area contributed by atoms with Gasteiger partial charge in [-0.2, -0.15) is 0 Å². The van der Waals surface area contributed by atoms with E-state index in [9.17, 15) is 14.7 Å². The van der Waals surface area contributed by atoms with Crippen molar-refractivity contribution in [1.29, 1.82) is 0 Å². The smallest absolute Gasteiger partial charge is 0.407 e. The molecular weight excluding hydrogens is 402 g/mol. The molecule has 0 spiro atoms. The van der Waals surface area contributed by atoms with E-state index < -0.39 is 6.09 Å². The summed E-state index contributed by atoms with van der Waals surface area (Å²) in [6.45, 7) is 4.99. The first kappa shape index (κ1) is 18.5. The van der Waals surface area contributed by atoms with Crippen LogP contribution >= 0.6 is 15.9 Å². The van der Waals surface area contributed by atoms with Crippen molar-refractivity contribution >= 4 is 50.3 Å². The van der Waals surface area contributed by atoms with Gasteiger partial charge in [0.05, 0.1) is 27.3 Å². The minimum absolute atomic E-state index is 0.0678. The highest BCUT2D eigenvalue weighted by molar-refractivity contribution is 9.10. The zero-order chi connectivity index (χ0) is 19.0. The van der Waals surface area contributed by atoms with Gasteiger partial charge in [-0.05, 0) is 22.4 Å². The topological polar surface area (TPSA) is 102 Å². The van der Waals surface area contributed by atoms with Crippen LogP contribution in [0.2, 0.25) is 0 Å². The lowest BCUT2D eigenvalue weighted by atomic mass is 10.2. The van der Waals surface area contributed by atoms with Crippen LogP contribution in [0.1, 0.15) is 20.3 Å². The summed E-state index contributed by atoms with van der Waals surface area (Å²) in [5.74, 6) is -0.203. The summed E-state index contributed by atoms with van der Waals surface area (Å²) in [5.41, 5.74) is 2.27. The van der Waals surface area contributed by atoms with Gasteiger partial charge in [0.25, 0.3) is 0 Å². The standard InChI is InChI=1S/C17H22BrN5O3/c1-9(2)16(24)21-12-7-20-15-13(12)14(11(18)6-19-15)23-5-4-10(8-23)22(3)17(25)26/h6-7,9-10H,4-5,8H2,1-3H3,(H,19,20)(H,21,24)(H,25,26). The zero-order valence-corrected chi connectivity index (χ0v) is 16.5. The molecule has 1 atom stereocenters. The molecule has 0 radical (unpaired) electrons. The molecule has 3 N–H and O–H groups in total. The highest BCUT2D eigenvalue weighted by Gasteiger charge is 2.31. The molecule has 3 heterocycles. The number of aromatic nitrogens is 2. The van der Waals surface area contributed by atoms with Gasteiger partial charge in [-0.15, -0.1) is 0 Å². The second-order valence-electron chi connectivity index (χ2n) is 6.81. The van der Waals surface area contributed by atoms with E-state index in [0.29, 0.717) is 17.9 Å². The Kier molecular flexibility index (Phi) is 5.08. The number of hydrogen-bond acceptors (Lipinski definition) is 4. The van der Waals surface area contributed by atoms with Crippen LogP contribution in [0.3, 0.4) is 0 Å². The van der Waals surface area contributed by atoms with Gasteiger partial charge in [0, 0.05) is 38.4 Å². The molecule has 1 saturated heterocycles. The maximum absolute atomic E-state index is 12.1.